The maximum absolute atomic E-state index is 14.0. The average Bonchev–Trinajstić information content (AvgIpc) is 3.32. The lowest BCUT2D eigenvalue weighted by molar-refractivity contribution is -0.150. The van der Waals surface area contributed by atoms with Crippen LogP contribution in [0.4, 0.5) is 5.69 Å². The Balaban J connectivity index is 1.82. The fourth-order valence-electron chi connectivity index (χ4n) is 6.45. The first-order chi connectivity index (χ1) is 16.0. The quantitative estimate of drug-likeness (QED) is 0.543. The summed E-state index contributed by atoms with van der Waals surface area (Å²) in [5.41, 5.74) is -1.48. The van der Waals surface area contributed by atoms with E-state index in [2.05, 4.69) is 10.6 Å². The van der Waals surface area contributed by atoms with Crippen LogP contribution in [0.3, 0.4) is 0 Å². The number of ether oxygens (including phenoxy) is 1. The molecule has 1 spiro atoms. The summed E-state index contributed by atoms with van der Waals surface area (Å²) in [6, 6.07) is 5.18. The van der Waals surface area contributed by atoms with Crippen molar-refractivity contribution in [3.8, 4) is 0 Å². The molecule has 0 radical (unpaired) electrons. The number of rotatable bonds is 7. The van der Waals surface area contributed by atoms with E-state index in [-0.39, 0.29) is 30.3 Å². The highest BCUT2D eigenvalue weighted by atomic mass is 35.5. The number of carbonyl (C=O) groups is 3. The normalized spacial score (nSPS) is 35.7. The Kier molecular flexibility index (Phi) is 6.46. The average molecular weight is 492 g/mol. The van der Waals surface area contributed by atoms with Gasteiger partial charge in [-0.15, -0.1) is 0 Å². The van der Waals surface area contributed by atoms with E-state index in [4.69, 9.17) is 16.3 Å². The molecule has 3 amide bonds. The second kappa shape index (κ2) is 8.81. The molecular formula is C25H34ClN3O5. The number of benzene rings is 1. The van der Waals surface area contributed by atoms with Crippen molar-refractivity contribution in [1.29, 1.82) is 0 Å². The van der Waals surface area contributed by atoms with Crippen molar-refractivity contribution in [3.63, 3.8) is 0 Å². The van der Waals surface area contributed by atoms with Gasteiger partial charge in [0.05, 0.1) is 30.1 Å². The van der Waals surface area contributed by atoms with Crippen LogP contribution in [0.2, 0.25) is 5.02 Å². The van der Waals surface area contributed by atoms with Gasteiger partial charge in [0.1, 0.15) is 11.6 Å². The maximum Gasteiger partial charge on any atom is 0.250 e. The number of hydrogen-bond acceptors (Lipinski definition) is 5. The third-order valence-electron chi connectivity index (χ3n) is 8.49. The zero-order valence-corrected chi connectivity index (χ0v) is 21.1. The Labute approximate surface area is 205 Å². The summed E-state index contributed by atoms with van der Waals surface area (Å²) >= 11 is 5.99. The molecule has 0 aliphatic carbocycles. The lowest BCUT2D eigenvalue weighted by Crippen LogP contribution is -2.57. The second-order valence-electron chi connectivity index (χ2n) is 10.2. The van der Waals surface area contributed by atoms with Gasteiger partial charge >= 0.3 is 0 Å². The molecule has 2 bridgehead atoms. The van der Waals surface area contributed by atoms with Crippen molar-refractivity contribution in [2.45, 2.75) is 63.8 Å². The minimum Gasteiger partial charge on any atom is -0.394 e. The number of carbonyl (C=O) groups excluding carboxylic acids is 3. The van der Waals surface area contributed by atoms with Gasteiger partial charge < -0.3 is 25.4 Å². The van der Waals surface area contributed by atoms with Crippen molar-refractivity contribution in [2.75, 3.05) is 19.0 Å². The van der Waals surface area contributed by atoms with E-state index in [0.29, 0.717) is 23.6 Å². The number of aliphatic hydroxyl groups is 1. The molecule has 8 nitrogen and oxygen atoms in total. The zero-order chi connectivity index (χ0) is 25.0. The highest BCUT2D eigenvalue weighted by Gasteiger charge is 2.80. The van der Waals surface area contributed by atoms with Crippen LogP contribution in [0, 0.1) is 23.7 Å². The summed E-state index contributed by atoms with van der Waals surface area (Å²) in [6.07, 6.45) is 1.19. The Bertz CT molecular complexity index is 987. The topological polar surface area (TPSA) is 108 Å². The van der Waals surface area contributed by atoms with E-state index in [1.165, 1.54) is 4.90 Å². The van der Waals surface area contributed by atoms with Crippen LogP contribution in [0.15, 0.2) is 24.3 Å². The van der Waals surface area contributed by atoms with E-state index in [1.54, 1.807) is 31.3 Å². The molecule has 3 fully saturated rings. The maximum atomic E-state index is 14.0. The summed E-state index contributed by atoms with van der Waals surface area (Å²) < 4.78 is 6.63. The van der Waals surface area contributed by atoms with Gasteiger partial charge in [-0.2, -0.15) is 0 Å². The Morgan fingerprint density at radius 3 is 2.50 bits per heavy atom. The first-order valence-corrected chi connectivity index (χ1v) is 12.3. The van der Waals surface area contributed by atoms with Crippen LogP contribution in [0.1, 0.15) is 40.5 Å². The molecule has 3 N–H and O–H groups in total. The molecule has 1 aromatic rings. The summed E-state index contributed by atoms with van der Waals surface area (Å²) in [4.78, 5) is 42.5. The molecular weight excluding hydrogens is 458 g/mol. The second-order valence-corrected chi connectivity index (χ2v) is 10.6. The highest BCUT2D eigenvalue weighted by Crippen LogP contribution is 2.65. The predicted molar refractivity (Wildman–Crippen MR) is 128 cm³/mol. The molecule has 3 aliphatic heterocycles. The smallest absolute Gasteiger partial charge is 0.250 e. The van der Waals surface area contributed by atoms with E-state index in [1.807, 2.05) is 27.7 Å². The molecule has 3 unspecified atom stereocenters. The Morgan fingerprint density at radius 2 is 1.94 bits per heavy atom. The number of anilines is 1. The van der Waals surface area contributed by atoms with Crippen molar-refractivity contribution >= 4 is 35.0 Å². The van der Waals surface area contributed by atoms with Gasteiger partial charge in [-0.1, -0.05) is 38.8 Å². The van der Waals surface area contributed by atoms with Gasteiger partial charge in [0, 0.05) is 17.8 Å². The molecule has 0 saturated carbocycles. The summed E-state index contributed by atoms with van der Waals surface area (Å²) in [6.45, 7) is 7.52. The standard InChI is InChI=1S/C25H34ClN3O5/c1-6-13(2)17(12-30)29-20(22(32)28-16-9-7-15(26)8-10-16)25-11-14(3)24(4,34-25)18(21(31)27-5)19(25)23(29)33/h7-10,13-14,17-20,30H,6,11-12H2,1-5H3,(H,27,31)(H,28,32)/t13-,14?,17-,18-,19-,20?,24+,25?/m0/s1. The first-order valence-electron chi connectivity index (χ1n) is 12.0. The van der Waals surface area contributed by atoms with Gasteiger partial charge in [0.25, 0.3) is 0 Å². The van der Waals surface area contributed by atoms with Gasteiger partial charge in [0.15, 0.2) is 0 Å². The molecule has 0 aromatic heterocycles. The summed E-state index contributed by atoms with van der Waals surface area (Å²) in [7, 11) is 1.55. The van der Waals surface area contributed by atoms with Gasteiger partial charge in [-0.25, -0.2) is 0 Å². The number of likely N-dealkylation sites (tertiary alicyclic amines) is 1. The molecule has 8 atom stereocenters. The van der Waals surface area contributed by atoms with Crippen LogP contribution >= 0.6 is 11.6 Å². The summed E-state index contributed by atoms with van der Waals surface area (Å²) in [5.74, 6) is -2.58. The largest absolute Gasteiger partial charge is 0.394 e. The Morgan fingerprint density at radius 1 is 1.29 bits per heavy atom. The highest BCUT2D eigenvalue weighted by molar-refractivity contribution is 6.30. The van der Waals surface area contributed by atoms with Crippen LogP contribution in [-0.2, 0) is 19.1 Å². The summed E-state index contributed by atoms with van der Waals surface area (Å²) in [5, 5.41) is 16.5. The molecule has 1 aromatic carbocycles. The molecule has 3 heterocycles. The lowest BCUT2D eigenvalue weighted by atomic mass is 9.62. The van der Waals surface area contributed by atoms with Gasteiger partial charge in [-0.05, 0) is 49.4 Å². The van der Waals surface area contributed by atoms with Crippen LogP contribution < -0.4 is 10.6 Å². The molecule has 34 heavy (non-hydrogen) atoms. The number of nitrogens with zero attached hydrogens (tertiary/aromatic N) is 1. The molecule has 4 rings (SSSR count). The van der Waals surface area contributed by atoms with Crippen molar-refractivity contribution < 1.29 is 24.2 Å². The van der Waals surface area contributed by atoms with E-state index >= 15 is 0 Å². The number of aliphatic hydroxyl groups excluding tert-OH is 1. The minimum atomic E-state index is -1.15. The third kappa shape index (κ3) is 3.45. The van der Waals surface area contributed by atoms with Crippen LogP contribution in [0.5, 0.6) is 0 Å². The van der Waals surface area contributed by atoms with E-state index < -0.39 is 41.0 Å². The Hall–Kier alpha value is -2.16. The number of hydrogen-bond donors (Lipinski definition) is 3. The minimum absolute atomic E-state index is 0.0409. The molecule has 186 valence electrons. The van der Waals surface area contributed by atoms with Crippen molar-refractivity contribution in [2.24, 2.45) is 23.7 Å². The van der Waals surface area contributed by atoms with Crippen molar-refractivity contribution in [3.05, 3.63) is 29.3 Å². The lowest BCUT2D eigenvalue weighted by Gasteiger charge is -2.39. The predicted octanol–water partition coefficient (Wildman–Crippen LogP) is 2.44. The molecule has 9 heteroatoms. The van der Waals surface area contributed by atoms with E-state index in [0.717, 1.165) is 0 Å². The number of halogens is 1. The van der Waals surface area contributed by atoms with E-state index in [9.17, 15) is 19.5 Å². The first kappa shape index (κ1) is 24.9. The monoisotopic (exact) mass is 491 g/mol. The number of fused-ring (bicyclic) bond motifs is 1. The fraction of sp³-hybridized carbons (Fsp3) is 0.640. The SMILES string of the molecule is CC[C@H](C)[C@H](CO)N1C(=O)[C@@H]2[C@@H](C(=O)NC)[C@]3(C)OC2(CC3C)C1C(=O)Nc1ccc(Cl)cc1. The number of amides is 3. The number of nitrogens with one attached hydrogen (secondary N) is 2. The zero-order valence-electron chi connectivity index (χ0n) is 20.3. The molecule has 3 saturated heterocycles. The molecule has 3 aliphatic rings. The third-order valence-corrected chi connectivity index (χ3v) is 8.74. The van der Waals surface area contributed by atoms with Gasteiger partial charge in [0.2, 0.25) is 17.7 Å². The van der Waals surface area contributed by atoms with Crippen LogP contribution in [0.25, 0.3) is 0 Å². The van der Waals surface area contributed by atoms with Crippen LogP contribution in [-0.4, -0.2) is 64.7 Å². The van der Waals surface area contributed by atoms with Crippen molar-refractivity contribution in [1.82, 2.24) is 10.2 Å². The fourth-order valence-corrected chi connectivity index (χ4v) is 6.57. The van der Waals surface area contributed by atoms with Gasteiger partial charge in [-0.3, -0.25) is 14.4 Å².